The highest BCUT2D eigenvalue weighted by Gasteiger charge is 2.15. The van der Waals surface area contributed by atoms with Crippen molar-refractivity contribution in [2.24, 2.45) is 0 Å². The molecule has 0 aliphatic heterocycles. The standard InChI is InChI=1S/C16H26N2O3/c1-16(2,3)21-15(19)18-11-10-17-14-8-6-5-7-13(14)9-12-20-4/h5-8,17H,9-12H2,1-4H3,(H,18,19). The molecule has 0 heterocycles. The van der Waals surface area contributed by atoms with Gasteiger partial charge in [-0.05, 0) is 38.8 Å². The van der Waals surface area contributed by atoms with Gasteiger partial charge in [-0.2, -0.15) is 0 Å². The maximum atomic E-state index is 11.5. The lowest BCUT2D eigenvalue weighted by molar-refractivity contribution is 0.0530. The third-order valence-electron chi connectivity index (χ3n) is 2.70. The van der Waals surface area contributed by atoms with E-state index in [1.807, 2.05) is 39.0 Å². The van der Waals surface area contributed by atoms with E-state index in [4.69, 9.17) is 9.47 Å². The Morgan fingerprint density at radius 1 is 1.19 bits per heavy atom. The van der Waals surface area contributed by atoms with Gasteiger partial charge in [0.25, 0.3) is 0 Å². The predicted molar refractivity (Wildman–Crippen MR) is 84.7 cm³/mol. The van der Waals surface area contributed by atoms with Crippen LogP contribution in [0.2, 0.25) is 0 Å². The highest BCUT2D eigenvalue weighted by Crippen LogP contribution is 2.15. The predicted octanol–water partition coefficient (Wildman–Crippen LogP) is 2.81. The lowest BCUT2D eigenvalue weighted by Gasteiger charge is -2.20. The third kappa shape index (κ3) is 7.56. The molecule has 1 rings (SSSR count). The fourth-order valence-electron chi connectivity index (χ4n) is 1.80. The summed E-state index contributed by atoms with van der Waals surface area (Å²) in [4.78, 5) is 11.5. The normalized spacial score (nSPS) is 11.0. The molecule has 0 radical (unpaired) electrons. The van der Waals surface area contributed by atoms with Crippen LogP contribution in [-0.4, -0.2) is 38.5 Å². The van der Waals surface area contributed by atoms with E-state index in [0.29, 0.717) is 19.7 Å². The third-order valence-corrected chi connectivity index (χ3v) is 2.70. The van der Waals surface area contributed by atoms with Gasteiger partial charge in [0.1, 0.15) is 5.60 Å². The Balaban J connectivity index is 2.34. The van der Waals surface area contributed by atoms with Gasteiger partial charge in [-0.3, -0.25) is 0 Å². The zero-order valence-electron chi connectivity index (χ0n) is 13.4. The number of ether oxygens (including phenoxy) is 2. The molecule has 0 aromatic heterocycles. The molecule has 118 valence electrons. The van der Waals surface area contributed by atoms with Crippen molar-refractivity contribution >= 4 is 11.8 Å². The molecule has 0 bridgehead atoms. The molecule has 5 heteroatoms. The Bertz CT molecular complexity index is 441. The Labute approximate surface area is 127 Å². The van der Waals surface area contributed by atoms with Gasteiger partial charge in [0.05, 0.1) is 6.61 Å². The van der Waals surface area contributed by atoms with Crippen LogP contribution in [0, 0.1) is 0 Å². The zero-order chi connectivity index (χ0) is 15.7. The zero-order valence-corrected chi connectivity index (χ0v) is 13.4. The highest BCUT2D eigenvalue weighted by atomic mass is 16.6. The summed E-state index contributed by atoms with van der Waals surface area (Å²) >= 11 is 0. The number of alkyl carbamates (subject to hydrolysis) is 1. The van der Waals surface area contributed by atoms with Crippen LogP contribution < -0.4 is 10.6 Å². The van der Waals surface area contributed by atoms with Crippen LogP contribution in [0.3, 0.4) is 0 Å². The first-order valence-electron chi connectivity index (χ1n) is 7.20. The molecule has 21 heavy (non-hydrogen) atoms. The quantitative estimate of drug-likeness (QED) is 0.759. The van der Waals surface area contributed by atoms with Gasteiger partial charge in [-0.25, -0.2) is 4.79 Å². The van der Waals surface area contributed by atoms with Crippen LogP contribution in [0.15, 0.2) is 24.3 Å². The number of hydrogen-bond acceptors (Lipinski definition) is 4. The first kappa shape index (κ1) is 17.3. The Morgan fingerprint density at radius 3 is 2.57 bits per heavy atom. The molecule has 1 amide bonds. The Kier molecular flexibility index (Phi) is 7.02. The van der Waals surface area contributed by atoms with E-state index in [1.165, 1.54) is 5.56 Å². The summed E-state index contributed by atoms with van der Waals surface area (Å²) in [6.07, 6.45) is 0.469. The molecule has 5 nitrogen and oxygen atoms in total. The Hall–Kier alpha value is -1.75. The number of carbonyl (C=O) groups is 1. The summed E-state index contributed by atoms with van der Waals surface area (Å²) < 4.78 is 10.3. The fraction of sp³-hybridized carbons (Fsp3) is 0.562. The molecule has 0 spiro atoms. The maximum Gasteiger partial charge on any atom is 0.407 e. The average molecular weight is 294 g/mol. The van der Waals surface area contributed by atoms with Crippen molar-refractivity contribution in [3.63, 3.8) is 0 Å². The van der Waals surface area contributed by atoms with Gasteiger partial charge in [0.15, 0.2) is 0 Å². The van der Waals surface area contributed by atoms with Crippen LogP contribution in [0.5, 0.6) is 0 Å². The highest BCUT2D eigenvalue weighted by molar-refractivity contribution is 5.67. The molecule has 0 fully saturated rings. The molecule has 0 atom stereocenters. The number of methoxy groups -OCH3 is 1. The van der Waals surface area contributed by atoms with Crippen molar-refractivity contribution in [2.75, 3.05) is 32.1 Å². The second-order valence-electron chi connectivity index (χ2n) is 5.76. The smallest absolute Gasteiger partial charge is 0.407 e. The first-order valence-corrected chi connectivity index (χ1v) is 7.20. The van der Waals surface area contributed by atoms with E-state index >= 15 is 0 Å². The summed E-state index contributed by atoms with van der Waals surface area (Å²) in [7, 11) is 1.70. The number of carbonyl (C=O) groups excluding carboxylic acids is 1. The number of anilines is 1. The minimum atomic E-state index is -0.468. The van der Waals surface area contributed by atoms with Crippen molar-refractivity contribution in [3.05, 3.63) is 29.8 Å². The first-order chi connectivity index (χ1) is 9.92. The van der Waals surface area contributed by atoms with Crippen molar-refractivity contribution in [1.29, 1.82) is 0 Å². The van der Waals surface area contributed by atoms with Crippen molar-refractivity contribution < 1.29 is 14.3 Å². The molecule has 1 aromatic rings. The number of amides is 1. The maximum absolute atomic E-state index is 11.5. The van der Waals surface area contributed by atoms with Gasteiger partial charge in [-0.1, -0.05) is 18.2 Å². The van der Waals surface area contributed by atoms with Gasteiger partial charge >= 0.3 is 6.09 Å². The van der Waals surface area contributed by atoms with Crippen LogP contribution in [0.4, 0.5) is 10.5 Å². The minimum absolute atomic E-state index is 0.392. The molecule has 0 unspecified atom stereocenters. The molecule has 1 aromatic carbocycles. The fourth-order valence-corrected chi connectivity index (χ4v) is 1.80. The van der Waals surface area contributed by atoms with Gasteiger partial charge < -0.3 is 20.1 Å². The molecule has 0 saturated heterocycles. The summed E-state index contributed by atoms with van der Waals surface area (Å²) in [6, 6.07) is 8.09. The largest absolute Gasteiger partial charge is 0.444 e. The topological polar surface area (TPSA) is 59.6 Å². The number of hydrogen-bond donors (Lipinski definition) is 2. The number of para-hydroxylation sites is 1. The van der Waals surface area contributed by atoms with Crippen molar-refractivity contribution in [3.8, 4) is 0 Å². The lowest BCUT2D eigenvalue weighted by Crippen LogP contribution is -2.35. The van der Waals surface area contributed by atoms with Crippen LogP contribution in [0.25, 0.3) is 0 Å². The molecule has 0 aliphatic carbocycles. The SMILES string of the molecule is COCCc1ccccc1NCCNC(=O)OC(C)(C)C. The van der Waals surface area contributed by atoms with Crippen LogP contribution >= 0.6 is 0 Å². The van der Waals surface area contributed by atoms with E-state index in [-0.39, 0.29) is 0 Å². The van der Waals surface area contributed by atoms with E-state index in [0.717, 1.165) is 12.1 Å². The second-order valence-corrected chi connectivity index (χ2v) is 5.76. The molecule has 0 saturated carbocycles. The van der Waals surface area contributed by atoms with Crippen molar-refractivity contribution in [1.82, 2.24) is 5.32 Å². The van der Waals surface area contributed by atoms with E-state index in [2.05, 4.69) is 16.7 Å². The van der Waals surface area contributed by atoms with E-state index in [1.54, 1.807) is 7.11 Å². The molecular weight excluding hydrogens is 268 g/mol. The summed E-state index contributed by atoms with van der Waals surface area (Å²) in [5.74, 6) is 0. The lowest BCUT2D eigenvalue weighted by atomic mass is 10.1. The monoisotopic (exact) mass is 294 g/mol. The Morgan fingerprint density at radius 2 is 1.90 bits per heavy atom. The molecule has 2 N–H and O–H groups in total. The minimum Gasteiger partial charge on any atom is -0.444 e. The summed E-state index contributed by atoms with van der Waals surface area (Å²) in [6.45, 7) is 7.37. The van der Waals surface area contributed by atoms with Gasteiger partial charge in [0.2, 0.25) is 0 Å². The average Bonchev–Trinajstić information content (AvgIpc) is 2.40. The second kappa shape index (κ2) is 8.52. The van der Waals surface area contributed by atoms with E-state index in [9.17, 15) is 4.79 Å². The van der Waals surface area contributed by atoms with Crippen molar-refractivity contribution in [2.45, 2.75) is 32.8 Å². The number of nitrogens with one attached hydrogen (secondary N) is 2. The van der Waals surface area contributed by atoms with Crippen LogP contribution in [-0.2, 0) is 15.9 Å². The molecular formula is C16H26N2O3. The number of rotatable bonds is 7. The van der Waals surface area contributed by atoms with Crippen LogP contribution in [0.1, 0.15) is 26.3 Å². The van der Waals surface area contributed by atoms with E-state index < -0.39 is 11.7 Å². The number of benzene rings is 1. The van der Waals surface area contributed by atoms with Gasteiger partial charge in [0, 0.05) is 25.9 Å². The van der Waals surface area contributed by atoms with Gasteiger partial charge in [-0.15, -0.1) is 0 Å². The molecule has 0 aliphatic rings. The summed E-state index contributed by atoms with van der Waals surface area (Å²) in [5, 5.41) is 6.04. The summed E-state index contributed by atoms with van der Waals surface area (Å²) in [5.41, 5.74) is 1.81.